The number of halogens is 2. The third-order valence-corrected chi connectivity index (χ3v) is 4.07. The lowest BCUT2D eigenvalue weighted by atomic mass is 10.0. The molecule has 3 rings (SSSR count). The zero-order chi connectivity index (χ0) is 13.4. The zero-order valence-electron chi connectivity index (χ0n) is 10.6. The zero-order valence-corrected chi connectivity index (χ0v) is 10.6. The number of nitrogens with two attached hydrogens (primary N) is 1. The Morgan fingerprint density at radius 1 is 1.21 bits per heavy atom. The van der Waals surface area contributed by atoms with E-state index in [1.165, 1.54) is 25.0 Å². The van der Waals surface area contributed by atoms with E-state index in [-0.39, 0.29) is 6.04 Å². The molecule has 1 heterocycles. The third-order valence-electron chi connectivity index (χ3n) is 4.07. The first-order chi connectivity index (χ1) is 9.16. The van der Waals surface area contributed by atoms with Crippen LogP contribution in [0.1, 0.15) is 37.3 Å². The van der Waals surface area contributed by atoms with E-state index in [0.717, 1.165) is 18.9 Å². The van der Waals surface area contributed by atoms with Gasteiger partial charge in [0.05, 0.1) is 12.6 Å². The molecule has 0 bridgehead atoms. The number of guanidine groups is 1. The molecule has 2 N–H and O–H groups in total. The van der Waals surface area contributed by atoms with Crippen LogP contribution in [0.5, 0.6) is 0 Å². The molecule has 1 saturated carbocycles. The van der Waals surface area contributed by atoms with E-state index in [1.54, 1.807) is 0 Å². The first-order valence-corrected chi connectivity index (χ1v) is 6.70. The predicted molar refractivity (Wildman–Crippen MR) is 69.7 cm³/mol. The second-order valence-corrected chi connectivity index (χ2v) is 5.23. The maximum Gasteiger partial charge on any atom is 0.192 e. The highest BCUT2D eigenvalue weighted by atomic mass is 19.1. The fourth-order valence-corrected chi connectivity index (χ4v) is 3.15. The Bertz CT molecular complexity index is 509. The summed E-state index contributed by atoms with van der Waals surface area (Å²) >= 11 is 0. The van der Waals surface area contributed by atoms with E-state index in [0.29, 0.717) is 24.1 Å². The summed E-state index contributed by atoms with van der Waals surface area (Å²) < 4.78 is 26.9. The van der Waals surface area contributed by atoms with Crippen molar-refractivity contribution in [2.45, 2.75) is 37.8 Å². The van der Waals surface area contributed by atoms with E-state index in [9.17, 15) is 8.78 Å². The molecule has 2 aliphatic rings. The Hall–Kier alpha value is -1.65. The van der Waals surface area contributed by atoms with Gasteiger partial charge in [0.2, 0.25) is 0 Å². The van der Waals surface area contributed by atoms with Crippen LogP contribution in [-0.4, -0.2) is 23.4 Å². The van der Waals surface area contributed by atoms with Crippen LogP contribution < -0.4 is 5.73 Å². The number of hydrogen-bond acceptors (Lipinski definition) is 3. The number of benzene rings is 1. The van der Waals surface area contributed by atoms with Gasteiger partial charge in [-0.2, -0.15) is 0 Å². The van der Waals surface area contributed by atoms with Gasteiger partial charge in [0.1, 0.15) is 11.6 Å². The number of hydrogen-bond donors (Lipinski definition) is 1. The lowest BCUT2D eigenvalue weighted by molar-refractivity contribution is 0.257. The Morgan fingerprint density at radius 2 is 1.95 bits per heavy atom. The summed E-state index contributed by atoms with van der Waals surface area (Å²) in [5.41, 5.74) is 6.43. The van der Waals surface area contributed by atoms with Crippen LogP contribution in [0.15, 0.2) is 23.2 Å². The predicted octanol–water partition coefficient (Wildman–Crippen LogP) is 2.58. The topological polar surface area (TPSA) is 41.6 Å². The molecule has 0 aromatic heterocycles. The van der Waals surface area contributed by atoms with Gasteiger partial charge in [-0.15, -0.1) is 0 Å². The van der Waals surface area contributed by atoms with E-state index in [2.05, 4.69) is 4.99 Å². The minimum absolute atomic E-state index is 0.191. The molecule has 0 amide bonds. The highest BCUT2D eigenvalue weighted by molar-refractivity contribution is 5.80. The molecule has 1 atom stereocenters. The highest BCUT2D eigenvalue weighted by Gasteiger charge is 2.35. The van der Waals surface area contributed by atoms with Crippen LogP contribution in [0.4, 0.5) is 8.78 Å². The van der Waals surface area contributed by atoms with Crippen molar-refractivity contribution in [1.82, 2.24) is 4.90 Å². The van der Waals surface area contributed by atoms with Crippen molar-refractivity contribution in [2.24, 2.45) is 10.7 Å². The fraction of sp³-hybridized carbons (Fsp3) is 0.500. The number of rotatable bonds is 2. The van der Waals surface area contributed by atoms with Gasteiger partial charge in [0.25, 0.3) is 0 Å². The van der Waals surface area contributed by atoms with Crippen molar-refractivity contribution in [3.63, 3.8) is 0 Å². The quantitative estimate of drug-likeness (QED) is 0.893. The summed E-state index contributed by atoms with van der Waals surface area (Å²) in [4.78, 5) is 6.26. The van der Waals surface area contributed by atoms with Crippen molar-refractivity contribution in [1.29, 1.82) is 0 Å². The van der Waals surface area contributed by atoms with Gasteiger partial charge in [0.15, 0.2) is 5.96 Å². The van der Waals surface area contributed by atoms with Gasteiger partial charge < -0.3 is 10.6 Å². The second-order valence-electron chi connectivity index (χ2n) is 5.23. The normalized spacial score (nSPS) is 24.0. The van der Waals surface area contributed by atoms with Crippen LogP contribution in [0.3, 0.4) is 0 Å². The van der Waals surface area contributed by atoms with E-state index in [4.69, 9.17) is 5.73 Å². The molecule has 5 heteroatoms. The van der Waals surface area contributed by atoms with Crippen LogP contribution in [0.2, 0.25) is 0 Å². The molecule has 1 aliphatic carbocycles. The summed E-state index contributed by atoms with van der Waals surface area (Å²) in [5.74, 6) is -0.584. The standard InChI is InChI=1S/C14H17F2N3/c15-9-5-6-11(12(16)7-9)13-8-18-14(17)19(13)10-3-1-2-4-10/h5-7,10,13H,1-4,8H2,(H2,17,18). The SMILES string of the molecule is NC1=NCC(c2ccc(F)cc2F)N1C1CCCC1. The van der Waals surface area contributed by atoms with Crippen LogP contribution >= 0.6 is 0 Å². The van der Waals surface area contributed by atoms with Crippen LogP contribution in [0, 0.1) is 11.6 Å². The lowest BCUT2D eigenvalue weighted by Crippen LogP contribution is -2.42. The minimum Gasteiger partial charge on any atom is -0.370 e. The van der Waals surface area contributed by atoms with Crippen molar-refractivity contribution in [3.05, 3.63) is 35.4 Å². The third kappa shape index (κ3) is 2.17. The Morgan fingerprint density at radius 3 is 2.63 bits per heavy atom. The molecule has 3 nitrogen and oxygen atoms in total. The van der Waals surface area contributed by atoms with E-state index >= 15 is 0 Å². The van der Waals surface area contributed by atoms with Crippen molar-refractivity contribution >= 4 is 5.96 Å². The molecule has 1 unspecified atom stereocenters. The highest BCUT2D eigenvalue weighted by Crippen LogP contribution is 2.35. The summed E-state index contributed by atoms with van der Waals surface area (Å²) in [7, 11) is 0. The van der Waals surface area contributed by atoms with Gasteiger partial charge in [-0.05, 0) is 18.9 Å². The van der Waals surface area contributed by atoms with Crippen molar-refractivity contribution in [3.8, 4) is 0 Å². The minimum atomic E-state index is -0.555. The maximum absolute atomic E-state index is 13.9. The summed E-state index contributed by atoms with van der Waals surface area (Å²) in [6, 6.07) is 3.87. The lowest BCUT2D eigenvalue weighted by Gasteiger charge is -2.32. The fourth-order valence-electron chi connectivity index (χ4n) is 3.15. The van der Waals surface area contributed by atoms with Gasteiger partial charge in [-0.25, -0.2) is 8.78 Å². The average Bonchev–Trinajstić information content (AvgIpc) is 2.98. The average molecular weight is 265 g/mol. The van der Waals surface area contributed by atoms with Crippen LogP contribution in [0.25, 0.3) is 0 Å². The van der Waals surface area contributed by atoms with E-state index < -0.39 is 11.6 Å². The molecule has 102 valence electrons. The summed E-state index contributed by atoms with van der Waals surface area (Å²) in [6.07, 6.45) is 4.48. The monoisotopic (exact) mass is 265 g/mol. The maximum atomic E-state index is 13.9. The molecule has 1 fully saturated rings. The van der Waals surface area contributed by atoms with Gasteiger partial charge >= 0.3 is 0 Å². The molecular weight excluding hydrogens is 248 g/mol. The van der Waals surface area contributed by atoms with E-state index in [1.807, 2.05) is 4.90 Å². The largest absolute Gasteiger partial charge is 0.370 e. The molecule has 1 aromatic rings. The van der Waals surface area contributed by atoms with Gasteiger partial charge in [0, 0.05) is 17.7 Å². The molecule has 1 aliphatic heterocycles. The van der Waals surface area contributed by atoms with Crippen LogP contribution in [-0.2, 0) is 0 Å². The van der Waals surface area contributed by atoms with Crippen molar-refractivity contribution in [2.75, 3.05) is 6.54 Å². The summed E-state index contributed by atoms with van der Waals surface area (Å²) in [5, 5.41) is 0. The Kier molecular flexibility index (Phi) is 3.12. The molecule has 0 radical (unpaired) electrons. The number of aliphatic imine (C=N–C) groups is 1. The van der Waals surface area contributed by atoms with Crippen molar-refractivity contribution < 1.29 is 8.78 Å². The Labute approximate surface area is 111 Å². The second kappa shape index (κ2) is 4.79. The molecule has 1 aromatic carbocycles. The molecule has 0 spiro atoms. The molecular formula is C14H17F2N3. The molecule has 19 heavy (non-hydrogen) atoms. The first-order valence-electron chi connectivity index (χ1n) is 6.70. The van der Waals surface area contributed by atoms with Gasteiger partial charge in [-0.3, -0.25) is 4.99 Å². The first kappa shape index (κ1) is 12.4. The number of nitrogens with zero attached hydrogens (tertiary/aromatic N) is 2. The van der Waals surface area contributed by atoms with Gasteiger partial charge in [-0.1, -0.05) is 18.9 Å². The smallest absolute Gasteiger partial charge is 0.192 e. The summed E-state index contributed by atoms with van der Waals surface area (Å²) in [6.45, 7) is 0.449. The molecule has 0 saturated heterocycles. The Balaban J connectivity index is 1.91.